The van der Waals surface area contributed by atoms with E-state index in [0.29, 0.717) is 17.8 Å². The summed E-state index contributed by atoms with van der Waals surface area (Å²) in [4.78, 5) is 31.7. The second-order valence-corrected chi connectivity index (χ2v) is 7.39. The Hall–Kier alpha value is -3.74. The van der Waals surface area contributed by atoms with Crippen LogP contribution < -0.4 is 16.8 Å². The second kappa shape index (κ2) is 9.17. The number of nitrogens with one attached hydrogen (secondary N) is 1. The molecule has 3 rings (SSSR count). The molecular formula is C23H25N5O2. The molecule has 2 aromatic carbocycles. The Kier molecular flexibility index (Phi) is 6.41. The minimum atomic E-state index is -0.561. The highest BCUT2D eigenvalue weighted by molar-refractivity contribution is 5.95. The van der Waals surface area contributed by atoms with Crippen LogP contribution in [0.4, 0.5) is 11.8 Å². The molecule has 7 heteroatoms. The topological polar surface area (TPSA) is 124 Å². The number of hydrogen-bond donors (Lipinski definition) is 3. The van der Waals surface area contributed by atoms with Crippen LogP contribution in [0.25, 0.3) is 10.9 Å². The fraction of sp³-hybridized carbons (Fsp3) is 0.217. The van der Waals surface area contributed by atoms with Gasteiger partial charge in [0.05, 0.1) is 11.6 Å². The van der Waals surface area contributed by atoms with Gasteiger partial charge >= 0.3 is 0 Å². The summed E-state index contributed by atoms with van der Waals surface area (Å²) in [5.74, 6) is 0.259. The van der Waals surface area contributed by atoms with Gasteiger partial charge in [-0.25, -0.2) is 4.98 Å². The molecule has 154 valence electrons. The number of benzene rings is 2. The van der Waals surface area contributed by atoms with Gasteiger partial charge in [-0.05, 0) is 61.6 Å². The minimum Gasteiger partial charge on any atom is -0.383 e. The number of aryl methyl sites for hydroxylation is 2. The molecule has 1 amide bonds. The second-order valence-electron chi connectivity index (χ2n) is 7.39. The first kappa shape index (κ1) is 21.0. The summed E-state index contributed by atoms with van der Waals surface area (Å²) in [7, 11) is 0. The van der Waals surface area contributed by atoms with Crippen molar-refractivity contribution in [3.05, 3.63) is 71.3 Å². The summed E-state index contributed by atoms with van der Waals surface area (Å²) >= 11 is 0. The Balaban J connectivity index is 1.63. The maximum Gasteiger partial charge on any atom is 0.251 e. The lowest BCUT2D eigenvalue weighted by Gasteiger charge is -2.13. The third-order valence-electron chi connectivity index (χ3n) is 4.77. The van der Waals surface area contributed by atoms with Crippen molar-refractivity contribution in [2.24, 2.45) is 0 Å². The Morgan fingerprint density at radius 1 is 1.10 bits per heavy atom. The first-order chi connectivity index (χ1) is 14.4. The van der Waals surface area contributed by atoms with Crippen LogP contribution in [0.2, 0.25) is 0 Å². The van der Waals surface area contributed by atoms with Crippen molar-refractivity contribution in [3.63, 3.8) is 0 Å². The molecule has 0 fully saturated rings. The fourth-order valence-electron chi connectivity index (χ4n) is 3.25. The lowest BCUT2D eigenvalue weighted by Crippen LogP contribution is -2.36. The van der Waals surface area contributed by atoms with E-state index in [-0.39, 0.29) is 11.9 Å². The number of anilines is 2. The molecule has 3 aromatic rings. The number of amides is 1. The number of carbonyl (C=O) groups excluding carboxylic acids is 2. The molecule has 0 spiro atoms. The fourth-order valence-corrected chi connectivity index (χ4v) is 3.25. The molecule has 0 aliphatic carbocycles. The first-order valence-corrected chi connectivity index (χ1v) is 9.67. The predicted molar refractivity (Wildman–Crippen MR) is 119 cm³/mol. The first-order valence-electron chi connectivity index (χ1n) is 9.67. The van der Waals surface area contributed by atoms with E-state index in [1.54, 1.807) is 12.1 Å². The van der Waals surface area contributed by atoms with Crippen molar-refractivity contribution in [1.29, 1.82) is 0 Å². The average Bonchev–Trinajstić information content (AvgIpc) is 2.71. The van der Waals surface area contributed by atoms with Crippen molar-refractivity contribution < 1.29 is 9.59 Å². The van der Waals surface area contributed by atoms with Gasteiger partial charge in [0.1, 0.15) is 12.1 Å². The van der Waals surface area contributed by atoms with Gasteiger partial charge in [-0.1, -0.05) is 23.8 Å². The molecule has 0 bridgehead atoms. The zero-order valence-electron chi connectivity index (χ0n) is 16.9. The highest BCUT2D eigenvalue weighted by Gasteiger charge is 2.13. The number of fused-ring (bicyclic) bond motifs is 1. The molecule has 1 atom stereocenters. The summed E-state index contributed by atoms with van der Waals surface area (Å²) < 4.78 is 0. The number of rotatable bonds is 8. The molecule has 0 radical (unpaired) electrons. The van der Waals surface area contributed by atoms with Crippen LogP contribution in [0.1, 0.15) is 34.8 Å². The van der Waals surface area contributed by atoms with E-state index in [1.807, 2.05) is 37.3 Å². The van der Waals surface area contributed by atoms with Crippen molar-refractivity contribution in [3.8, 4) is 0 Å². The Morgan fingerprint density at radius 2 is 1.77 bits per heavy atom. The molecule has 0 saturated carbocycles. The van der Waals surface area contributed by atoms with Crippen LogP contribution in [0.3, 0.4) is 0 Å². The number of carbonyl (C=O) groups is 2. The molecule has 0 saturated heterocycles. The number of nitrogens with two attached hydrogens (primary N) is 2. The molecule has 1 unspecified atom stereocenters. The largest absolute Gasteiger partial charge is 0.383 e. The molecule has 1 heterocycles. The molecule has 5 N–H and O–H groups in total. The van der Waals surface area contributed by atoms with Gasteiger partial charge in [0.15, 0.2) is 0 Å². The van der Waals surface area contributed by atoms with E-state index in [1.165, 1.54) is 0 Å². The van der Waals surface area contributed by atoms with Gasteiger partial charge in [0.2, 0.25) is 5.95 Å². The smallest absolute Gasteiger partial charge is 0.251 e. The van der Waals surface area contributed by atoms with E-state index < -0.39 is 6.04 Å². The van der Waals surface area contributed by atoms with Crippen LogP contribution in [-0.2, 0) is 17.6 Å². The Labute approximate surface area is 175 Å². The van der Waals surface area contributed by atoms with E-state index in [9.17, 15) is 9.59 Å². The zero-order chi connectivity index (χ0) is 21.7. The molecular weight excluding hydrogens is 378 g/mol. The van der Waals surface area contributed by atoms with Gasteiger partial charge in [-0.15, -0.1) is 6.58 Å². The molecule has 7 nitrogen and oxygen atoms in total. The standard InChI is InChI=1S/C23H25N5O2/c1-14(2)11-18(13-29)26-22(30)17-8-5-15(6-9-17)3-4-16-7-10-20-19(12-16)21(24)28-23(25)27-20/h5-10,12-13,18H,1,3-4,11H2,2H3,(H,26,30)(H4,24,25,27,28). The van der Waals surface area contributed by atoms with Crippen molar-refractivity contribution in [2.45, 2.75) is 32.2 Å². The third kappa shape index (κ3) is 5.20. The number of hydrogen-bond acceptors (Lipinski definition) is 6. The molecule has 0 aliphatic heterocycles. The van der Waals surface area contributed by atoms with Crippen molar-refractivity contribution in [1.82, 2.24) is 15.3 Å². The highest BCUT2D eigenvalue weighted by Crippen LogP contribution is 2.21. The minimum absolute atomic E-state index is 0.163. The van der Waals surface area contributed by atoms with Gasteiger partial charge in [0.25, 0.3) is 5.91 Å². The van der Waals surface area contributed by atoms with E-state index in [0.717, 1.165) is 46.7 Å². The predicted octanol–water partition coefficient (Wildman–Crippen LogP) is 2.84. The van der Waals surface area contributed by atoms with Gasteiger partial charge < -0.3 is 21.6 Å². The van der Waals surface area contributed by atoms with Crippen LogP contribution in [0.15, 0.2) is 54.6 Å². The lowest BCUT2D eigenvalue weighted by atomic mass is 10.0. The summed E-state index contributed by atoms with van der Waals surface area (Å²) in [6, 6.07) is 12.7. The van der Waals surface area contributed by atoms with Gasteiger partial charge in [-0.2, -0.15) is 4.98 Å². The van der Waals surface area contributed by atoms with Crippen LogP contribution in [0, 0.1) is 0 Å². The average molecular weight is 403 g/mol. The Bertz CT molecular complexity index is 1090. The van der Waals surface area contributed by atoms with E-state index >= 15 is 0 Å². The van der Waals surface area contributed by atoms with Crippen molar-refractivity contribution >= 4 is 34.9 Å². The normalized spacial score (nSPS) is 11.8. The quantitative estimate of drug-likeness (QED) is 0.392. The monoisotopic (exact) mass is 403 g/mol. The third-order valence-corrected chi connectivity index (χ3v) is 4.77. The maximum absolute atomic E-state index is 12.3. The molecule has 1 aromatic heterocycles. The van der Waals surface area contributed by atoms with Crippen LogP contribution >= 0.6 is 0 Å². The summed E-state index contributed by atoms with van der Waals surface area (Å²) in [6.45, 7) is 5.60. The van der Waals surface area contributed by atoms with Crippen molar-refractivity contribution in [2.75, 3.05) is 11.5 Å². The lowest BCUT2D eigenvalue weighted by molar-refractivity contribution is -0.109. The number of nitrogen functional groups attached to an aromatic ring is 2. The maximum atomic E-state index is 12.3. The van der Waals surface area contributed by atoms with E-state index in [4.69, 9.17) is 11.5 Å². The zero-order valence-corrected chi connectivity index (χ0v) is 16.9. The highest BCUT2D eigenvalue weighted by atomic mass is 16.2. The van der Waals surface area contributed by atoms with Gasteiger partial charge in [0, 0.05) is 10.9 Å². The SMILES string of the molecule is C=C(C)CC(C=O)NC(=O)c1ccc(CCc2ccc3nc(N)nc(N)c3c2)cc1. The summed E-state index contributed by atoms with van der Waals surface area (Å²) in [6.07, 6.45) is 2.77. The van der Waals surface area contributed by atoms with Crippen LogP contribution in [0.5, 0.6) is 0 Å². The summed E-state index contributed by atoms with van der Waals surface area (Å²) in [5, 5.41) is 3.50. The molecule has 30 heavy (non-hydrogen) atoms. The molecule has 0 aliphatic rings. The van der Waals surface area contributed by atoms with E-state index in [2.05, 4.69) is 21.9 Å². The number of aldehydes is 1. The number of aromatic nitrogens is 2. The van der Waals surface area contributed by atoms with Crippen LogP contribution in [-0.4, -0.2) is 28.2 Å². The number of nitrogens with zero attached hydrogens (tertiary/aromatic N) is 2. The Morgan fingerprint density at radius 3 is 2.43 bits per heavy atom. The summed E-state index contributed by atoms with van der Waals surface area (Å²) in [5.41, 5.74) is 15.9. The van der Waals surface area contributed by atoms with Gasteiger partial charge in [-0.3, -0.25) is 4.79 Å².